The number of hydrogen-bond donors (Lipinski definition) is 1. The lowest BCUT2D eigenvalue weighted by atomic mass is 10.1. The molecule has 1 amide bonds. The molecule has 1 aromatic heterocycles. The second-order valence-electron chi connectivity index (χ2n) is 3.63. The van der Waals surface area contributed by atoms with E-state index in [2.05, 4.69) is 14.9 Å². The molecular weight excluding hydrogens is 266 g/mol. The van der Waals surface area contributed by atoms with Gasteiger partial charge in [0.2, 0.25) is 0 Å². The predicted octanol–water partition coefficient (Wildman–Crippen LogP) is 1.18. The van der Waals surface area contributed by atoms with Crippen LogP contribution in [0.4, 0.5) is 0 Å². The molecule has 0 spiro atoms. The molecule has 1 heterocycles. The standard InChI is InChI=1S/C12H11N3O3S/c1-18-12(17)10(8-5-3-2-4-6-8)13-11(16)9-7-19-15-14-9/h2-7,10H,1H3,(H,13,16). The Bertz CT molecular complexity index is 557. The summed E-state index contributed by atoms with van der Waals surface area (Å²) in [5, 5.41) is 7.74. The molecule has 1 N–H and O–H groups in total. The lowest BCUT2D eigenvalue weighted by Gasteiger charge is -2.15. The van der Waals surface area contributed by atoms with Crippen molar-refractivity contribution < 1.29 is 14.3 Å². The molecule has 0 radical (unpaired) electrons. The quantitative estimate of drug-likeness (QED) is 0.849. The van der Waals surface area contributed by atoms with Crippen molar-refractivity contribution in [1.82, 2.24) is 14.9 Å². The summed E-state index contributed by atoms with van der Waals surface area (Å²) in [6.45, 7) is 0. The van der Waals surface area contributed by atoms with Crippen LogP contribution in [0.3, 0.4) is 0 Å². The van der Waals surface area contributed by atoms with Gasteiger partial charge < -0.3 is 10.1 Å². The van der Waals surface area contributed by atoms with Gasteiger partial charge in [0.05, 0.1) is 7.11 Å². The van der Waals surface area contributed by atoms with Gasteiger partial charge in [0, 0.05) is 5.38 Å². The van der Waals surface area contributed by atoms with Gasteiger partial charge in [-0.1, -0.05) is 34.8 Å². The van der Waals surface area contributed by atoms with Crippen LogP contribution in [0.1, 0.15) is 22.1 Å². The number of carbonyl (C=O) groups is 2. The summed E-state index contributed by atoms with van der Waals surface area (Å²) in [6.07, 6.45) is 0. The largest absolute Gasteiger partial charge is 0.467 e. The van der Waals surface area contributed by atoms with Gasteiger partial charge in [0.25, 0.3) is 5.91 Å². The van der Waals surface area contributed by atoms with Gasteiger partial charge in [0.15, 0.2) is 11.7 Å². The third-order valence-electron chi connectivity index (χ3n) is 2.44. The lowest BCUT2D eigenvalue weighted by molar-refractivity contribution is -0.143. The van der Waals surface area contributed by atoms with E-state index in [1.807, 2.05) is 6.07 Å². The fraction of sp³-hybridized carbons (Fsp3) is 0.167. The molecule has 0 bridgehead atoms. The Morgan fingerprint density at radius 2 is 2.05 bits per heavy atom. The van der Waals surface area contributed by atoms with E-state index in [9.17, 15) is 9.59 Å². The van der Waals surface area contributed by atoms with E-state index in [1.165, 1.54) is 12.5 Å². The number of benzene rings is 1. The Morgan fingerprint density at radius 1 is 1.32 bits per heavy atom. The van der Waals surface area contributed by atoms with Crippen molar-refractivity contribution in [3.63, 3.8) is 0 Å². The van der Waals surface area contributed by atoms with E-state index in [0.717, 1.165) is 11.5 Å². The van der Waals surface area contributed by atoms with E-state index in [-0.39, 0.29) is 5.69 Å². The SMILES string of the molecule is COC(=O)C(NC(=O)c1csnn1)c1ccccc1. The summed E-state index contributed by atoms with van der Waals surface area (Å²) in [5.41, 5.74) is 0.820. The van der Waals surface area contributed by atoms with Gasteiger partial charge in [-0.15, -0.1) is 5.10 Å². The third-order valence-corrected chi connectivity index (χ3v) is 2.94. The van der Waals surface area contributed by atoms with E-state index in [0.29, 0.717) is 5.56 Å². The summed E-state index contributed by atoms with van der Waals surface area (Å²) in [5.74, 6) is -1.00. The van der Waals surface area contributed by atoms with Crippen molar-refractivity contribution >= 4 is 23.4 Å². The third kappa shape index (κ3) is 3.14. The Kier molecular flexibility index (Phi) is 4.19. The average Bonchev–Trinajstić information content (AvgIpc) is 2.99. The fourth-order valence-electron chi connectivity index (χ4n) is 1.51. The first-order valence-electron chi connectivity index (χ1n) is 5.43. The highest BCUT2D eigenvalue weighted by Crippen LogP contribution is 2.14. The minimum Gasteiger partial charge on any atom is -0.467 e. The predicted molar refractivity (Wildman–Crippen MR) is 68.6 cm³/mol. The summed E-state index contributed by atoms with van der Waals surface area (Å²) in [6, 6.07) is 8.00. The summed E-state index contributed by atoms with van der Waals surface area (Å²) in [7, 11) is 1.27. The zero-order chi connectivity index (χ0) is 13.7. The van der Waals surface area contributed by atoms with Gasteiger partial charge in [-0.2, -0.15) is 0 Å². The number of hydrogen-bond acceptors (Lipinski definition) is 6. The Hall–Kier alpha value is -2.28. The fourth-order valence-corrected chi connectivity index (χ4v) is 1.95. The second-order valence-corrected chi connectivity index (χ2v) is 4.24. The van der Waals surface area contributed by atoms with Crippen LogP contribution in [0.2, 0.25) is 0 Å². The zero-order valence-corrected chi connectivity index (χ0v) is 10.9. The van der Waals surface area contributed by atoms with E-state index in [1.54, 1.807) is 24.3 Å². The van der Waals surface area contributed by atoms with Gasteiger partial charge in [-0.25, -0.2) is 4.79 Å². The molecule has 0 aliphatic heterocycles. The van der Waals surface area contributed by atoms with Crippen LogP contribution in [0.15, 0.2) is 35.7 Å². The van der Waals surface area contributed by atoms with Gasteiger partial charge in [0.1, 0.15) is 0 Å². The monoisotopic (exact) mass is 277 g/mol. The van der Waals surface area contributed by atoms with E-state index >= 15 is 0 Å². The zero-order valence-electron chi connectivity index (χ0n) is 10.1. The van der Waals surface area contributed by atoms with Crippen LogP contribution < -0.4 is 5.32 Å². The van der Waals surface area contributed by atoms with Crippen molar-refractivity contribution in [2.45, 2.75) is 6.04 Å². The molecule has 1 aromatic carbocycles. The van der Waals surface area contributed by atoms with Gasteiger partial charge in [-0.05, 0) is 17.1 Å². The highest BCUT2D eigenvalue weighted by atomic mass is 32.1. The van der Waals surface area contributed by atoms with Crippen LogP contribution in [-0.2, 0) is 9.53 Å². The summed E-state index contributed by atoms with van der Waals surface area (Å²) >= 11 is 1.07. The normalized spacial score (nSPS) is 11.6. The molecule has 2 rings (SSSR count). The molecule has 1 atom stereocenters. The maximum Gasteiger partial charge on any atom is 0.333 e. The molecule has 98 valence electrons. The number of carbonyl (C=O) groups excluding carboxylic acids is 2. The van der Waals surface area contributed by atoms with Crippen molar-refractivity contribution in [2.75, 3.05) is 7.11 Å². The van der Waals surface area contributed by atoms with Gasteiger partial charge >= 0.3 is 5.97 Å². The van der Waals surface area contributed by atoms with Crippen LogP contribution in [0.25, 0.3) is 0 Å². The van der Waals surface area contributed by atoms with Crippen molar-refractivity contribution in [1.29, 1.82) is 0 Å². The summed E-state index contributed by atoms with van der Waals surface area (Å²) < 4.78 is 8.30. The molecule has 19 heavy (non-hydrogen) atoms. The number of nitrogens with zero attached hydrogens (tertiary/aromatic N) is 2. The van der Waals surface area contributed by atoms with Crippen LogP contribution >= 0.6 is 11.5 Å². The Balaban J connectivity index is 2.20. The lowest BCUT2D eigenvalue weighted by Crippen LogP contribution is -2.34. The maximum atomic E-state index is 11.9. The van der Waals surface area contributed by atoms with Crippen LogP contribution in [-0.4, -0.2) is 28.6 Å². The highest BCUT2D eigenvalue weighted by Gasteiger charge is 2.24. The van der Waals surface area contributed by atoms with Crippen molar-refractivity contribution in [2.24, 2.45) is 0 Å². The first-order valence-corrected chi connectivity index (χ1v) is 6.26. The topological polar surface area (TPSA) is 81.2 Å². The number of aromatic nitrogens is 2. The Labute approximate surface area is 113 Å². The maximum absolute atomic E-state index is 11.9. The number of methoxy groups -OCH3 is 1. The molecular formula is C12H11N3O3S. The first-order chi connectivity index (χ1) is 9.22. The molecule has 2 aromatic rings. The van der Waals surface area contributed by atoms with E-state index in [4.69, 9.17) is 4.74 Å². The van der Waals surface area contributed by atoms with Gasteiger partial charge in [-0.3, -0.25) is 4.79 Å². The molecule has 0 fully saturated rings. The van der Waals surface area contributed by atoms with Crippen LogP contribution in [0.5, 0.6) is 0 Å². The van der Waals surface area contributed by atoms with Crippen LogP contribution in [0, 0.1) is 0 Å². The smallest absolute Gasteiger partial charge is 0.333 e. The molecule has 0 saturated carbocycles. The number of amides is 1. The first kappa shape index (κ1) is 13.2. The summed E-state index contributed by atoms with van der Waals surface area (Å²) in [4.78, 5) is 23.6. The number of ether oxygens (including phenoxy) is 1. The molecule has 0 saturated heterocycles. The minimum atomic E-state index is -0.861. The number of esters is 1. The molecule has 6 nitrogen and oxygen atoms in total. The molecule has 0 aliphatic carbocycles. The highest BCUT2D eigenvalue weighted by molar-refractivity contribution is 7.03. The molecule has 7 heteroatoms. The second kappa shape index (κ2) is 6.05. The Morgan fingerprint density at radius 3 is 2.63 bits per heavy atom. The van der Waals surface area contributed by atoms with Crippen molar-refractivity contribution in [3.05, 3.63) is 47.0 Å². The van der Waals surface area contributed by atoms with E-state index < -0.39 is 17.9 Å². The minimum absolute atomic E-state index is 0.176. The molecule has 1 unspecified atom stereocenters. The average molecular weight is 277 g/mol. The number of nitrogens with one attached hydrogen (secondary N) is 1. The number of rotatable bonds is 4. The van der Waals surface area contributed by atoms with Crippen molar-refractivity contribution in [3.8, 4) is 0 Å². The molecule has 0 aliphatic rings.